The smallest absolute Gasteiger partial charge is 0.264 e. The molecule has 0 aliphatic rings. The highest BCUT2D eigenvalue weighted by Crippen LogP contribution is 2.24. The molecular weight excluding hydrogens is 414 g/mol. The van der Waals surface area contributed by atoms with Crippen LogP contribution in [0.25, 0.3) is 0 Å². The number of nitrogens with zero attached hydrogens (tertiary/aromatic N) is 1. The molecule has 0 spiro atoms. The van der Waals surface area contributed by atoms with Crippen LogP contribution in [0.5, 0.6) is 0 Å². The van der Waals surface area contributed by atoms with Gasteiger partial charge in [0, 0.05) is 12.1 Å². The molecule has 160 valence electrons. The molecule has 7 nitrogen and oxygen atoms in total. The van der Waals surface area contributed by atoms with E-state index in [1.54, 1.807) is 67.6 Å². The van der Waals surface area contributed by atoms with E-state index in [0.717, 1.165) is 0 Å². The zero-order chi connectivity index (χ0) is 22.4. The number of rotatable bonds is 8. The second kappa shape index (κ2) is 9.44. The number of carbonyl (C=O) groups is 2. The zero-order valence-corrected chi connectivity index (χ0v) is 17.7. The van der Waals surface area contributed by atoms with Gasteiger partial charge < -0.3 is 11.1 Å². The Kier molecular flexibility index (Phi) is 6.71. The highest BCUT2D eigenvalue weighted by molar-refractivity contribution is 7.92. The van der Waals surface area contributed by atoms with E-state index < -0.39 is 27.9 Å². The minimum atomic E-state index is -3.90. The molecule has 8 heteroatoms. The summed E-state index contributed by atoms with van der Waals surface area (Å²) in [5, 5.41) is 2.58. The summed E-state index contributed by atoms with van der Waals surface area (Å²) in [7, 11) is -3.90. The molecular formula is C23H23N3O4S. The summed E-state index contributed by atoms with van der Waals surface area (Å²) in [6, 6.07) is 22.0. The van der Waals surface area contributed by atoms with Crippen LogP contribution in [0, 0.1) is 0 Å². The Bertz CT molecular complexity index is 1170. The predicted molar refractivity (Wildman–Crippen MR) is 119 cm³/mol. The van der Waals surface area contributed by atoms with Gasteiger partial charge in [-0.2, -0.15) is 0 Å². The lowest BCUT2D eigenvalue weighted by Crippen LogP contribution is -2.37. The molecule has 3 aromatic rings. The summed E-state index contributed by atoms with van der Waals surface area (Å²) < 4.78 is 27.7. The van der Waals surface area contributed by atoms with Crippen LogP contribution in [0.4, 0.5) is 5.69 Å². The summed E-state index contributed by atoms with van der Waals surface area (Å²) in [6.07, 6.45) is 0. The standard InChI is InChI=1S/C23H23N3O4S/c1-2-26(19-13-7-4-8-14-19)31(29,30)20-15-9-12-18(16-20)23(28)25-21(22(24)27)17-10-5-3-6-11-17/h3-16,21H,2H2,1H3,(H2,24,27)(H,25,28). The van der Waals surface area contributed by atoms with Crippen LogP contribution in [0.1, 0.15) is 28.9 Å². The van der Waals surface area contributed by atoms with Gasteiger partial charge in [-0.1, -0.05) is 54.6 Å². The third-order valence-electron chi connectivity index (χ3n) is 4.71. The number of primary amides is 1. The number of hydrogen-bond acceptors (Lipinski definition) is 4. The molecule has 1 atom stereocenters. The number of anilines is 1. The first-order valence-electron chi connectivity index (χ1n) is 9.67. The second-order valence-electron chi connectivity index (χ2n) is 6.75. The van der Waals surface area contributed by atoms with Crippen LogP contribution in [0.15, 0.2) is 89.8 Å². The molecule has 0 aliphatic carbocycles. The molecule has 0 bridgehead atoms. The highest BCUT2D eigenvalue weighted by atomic mass is 32.2. The van der Waals surface area contributed by atoms with Gasteiger partial charge in [-0.3, -0.25) is 13.9 Å². The fourth-order valence-corrected chi connectivity index (χ4v) is 4.71. The molecule has 0 saturated heterocycles. The minimum Gasteiger partial charge on any atom is -0.368 e. The van der Waals surface area contributed by atoms with Crippen molar-refractivity contribution in [1.82, 2.24) is 5.32 Å². The summed E-state index contributed by atoms with van der Waals surface area (Å²) in [4.78, 5) is 24.7. The van der Waals surface area contributed by atoms with Crippen LogP contribution in [0.2, 0.25) is 0 Å². The number of nitrogens with one attached hydrogen (secondary N) is 1. The van der Waals surface area contributed by atoms with Gasteiger partial charge in [0.1, 0.15) is 6.04 Å². The predicted octanol–water partition coefficient (Wildman–Crippen LogP) is 2.86. The summed E-state index contributed by atoms with van der Waals surface area (Å²) in [6.45, 7) is 1.96. The Morgan fingerprint density at radius 3 is 2.13 bits per heavy atom. The summed E-state index contributed by atoms with van der Waals surface area (Å²) >= 11 is 0. The van der Waals surface area contributed by atoms with Gasteiger partial charge >= 0.3 is 0 Å². The van der Waals surface area contributed by atoms with Crippen molar-refractivity contribution in [2.45, 2.75) is 17.9 Å². The molecule has 2 amide bonds. The Labute approximate surface area is 181 Å². The number of sulfonamides is 1. The van der Waals surface area contributed by atoms with Crippen molar-refractivity contribution in [3.8, 4) is 0 Å². The van der Waals surface area contributed by atoms with Gasteiger partial charge in [-0.05, 0) is 42.8 Å². The summed E-state index contributed by atoms with van der Waals surface area (Å²) in [5.74, 6) is -1.32. The van der Waals surface area contributed by atoms with Gasteiger partial charge in [0.2, 0.25) is 5.91 Å². The SMILES string of the molecule is CCN(c1ccccc1)S(=O)(=O)c1cccc(C(=O)NC(C(N)=O)c2ccccc2)c1. The van der Waals surface area contributed by atoms with Crippen molar-refractivity contribution in [2.75, 3.05) is 10.8 Å². The number of hydrogen-bond donors (Lipinski definition) is 2. The van der Waals surface area contributed by atoms with E-state index in [2.05, 4.69) is 5.32 Å². The van der Waals surface area contributed by atoms with E-state index in [1.807, 2.05) is 0 Å². The quantitative estimate of drug-likeness (QED) is 0.565. The maximum atomic E-state index is 13.2. The average molecular weight is 438 g/mol. The van der Waals surface area contributed by atoms with Crippen LogP contribution in [-0.2, 0) is 14.8 Å². The Morgan fingerprint density at radius 2 is 1.55 bits per heavy atom. The molecule has 0 aromatic heterocycles. The third-order valence-corrected chi connectivity index (χ3v) is 6.61. The molecule has 0 radical (unpaired) electrons. The van der Waals surface area contributed by atoms with Crippen molar-refractivity contribution in [3.05, 3.63) is 96.1 Å². The van der Waals surface area contributed by atoms with Crippen LogP contribution >= 0.6 is 0 Å². The van der Waals surface area contributed by atoms with Crippen LogP contribution in [-0.4, -0.2) is 26.8 Å². The lowest BCUT2D eigenvalue weighted by atomic mass is 10.1. The molecule has 31 heavy (non-hydrogen) atoms. The monoisotopic (exact) mass is 437 g/mol. The number of carbonyl (C=O) groups excluding carboxylic acids is 2. The first-order valence-corrected chi connectivity index (χ1v) is 11.1. The lowest BCUT2D eigenvalue weighted by Gasteiger charge is -2.23. The largest absolute Gasteiger partial charge is 0.368 e. The van der Waals surface area contributed by atoms with Crippen LogP contribution < -0.4 is 15.4 Å². The normalized spacial score (nSPS) is 12.0. The number of amides is 2. The van der Waals surface area contributed by atoms with Crippen molar-refractivity contribution in [1.29, 1.82) is 0 Å². The minimum absolute atomic E-state index is 0.0267. The van der Waals surface area contributed by atoms with E-state index in [-0.39, 0.29) is 17.0 Å². The number of para-hydroxylation sites is 1. The fraction of sp³-hybridized carbons (Fsp3) is 0.130. The fourth-order valence-electron chi connectivity index (χ4n) is 3.19. The zero-order valence-electron chi connectivity index (χ0n) is 16.9. The molecule has 0 heterocycles. The second-order valence-corrected chi connectivity index (χ2v) is 8.62. The Hall–Kier alpha value is -3.65. The van der Waals surface area contributed by atoms with Crippen molar-refractivity contribution < 1.29 is 18.0 Å². The highest BCUT2D eigenvalue weighted by Gasteiger charge is 2.26. The number of benzene rings is 3. The topological polar surface area (TPSA) is 110 Å². The van der Waals surface area contributed by atoms with Gasteiger partial charge in [-0.15, -0.1) is 0 Å². The first kappa shape index (κ1) is 22.0. The van der Waals surface area contributed by atoms with E-state index >= 15 is 0 Å². The number of nitrogens with two attached hydrogens (primary N) is 1. The lowest BCUT2D eigenvalue weighted by molar-refractivity contribution is -0.120. The van der Waals surface area contributed by atoms with Gasteiger partial charge in [0.25, 0.3) is 15.9 Å². The molecule has 3 N–H and O–H groups in total. The Morgan fingerprint density at radius 1 is 0.935 bits per heavy atom. The summed E-state index contributed by atoms with van der Waals surface area (Å²) in [5.41, 5.74) is 6.63. The van der Waals surface area contributed by atoms with Crippen LogP contribution in [0.3, 0.4) is 0 Å². The van der Waals surface area contributed by atoms with Crippen molar-refractivity contribution >= 4 is 27.5 Å². The first-order chi connectivity index (χ1) is 14.8. The van der Waals surface area contributed by atoms with Gasteiger partial charge in [0.15, 0.2) is 0 Å². The maximum absolute atomic E-state index is 13.2. The molecule has 3 rings (SSSR count). The van der Waals surface area contributed by atoms with E-state index in [9.17, 15) is 18.0 Å². The Balaban J connectivity index is 1.90. The maximum Gasteiger partial charge on any atom is 0.264 e. The van der Waals surface area contributed by atoms with E-state index in [0.29, 0.717) is 11.3 Å². The van der Waals surface area contributed by atoms with E-state index in [1.165, 1.54) is 28.6 Å². The molecule has 0 fully saturated rings. The molecule has 3 aromatic carbocycles. The van der Waals surface area contributed by atoms with E-state index in [4.69, 9.17) is 5.73 Å². The molecule has 1 unspecified atom stereocenters. The van der Waals surface area contributed by atoms with Gasteiger partial charge in [-0.25, -0.2) is 8.42 Å². The average Bonchev–Trinajstić information content (AvgIpc) is 2.79. The third kappa shape index (κ3) is 4.92. The van der Waals surface area contributed by atoms with Crippen molar-refractivity contribution in [2.24, 2.45) is 5.73 Å². The molecule has 0 saturated carbocycles. The molecule has 0 aliphatic heterocycles. The van der Waals surface area contributed by atoms with Gasteiger partial charge in [0.05, 0.1) is 10.6 Å². The van der Waals surface area contributed by atoms with Crippen molar-refractivity contribution in [3.63, 3.8) is 0 Å².